The molecule has 7 rings (SSSR count). The fourth-order valence-electron chi connectivity index (χ4n) is 5.72. The molecule has 0 radical (unpaired) electrons. The first kappa shape index (κ1) is 31.6. The monoisotopic (exact) mass is 692 g/mol. The summed E-state index contributed by atoms with van der Waals surface area (Å²) in [5.41, 5.74) is 2.98. The van der Waals surface area contributed by atoms with Gasteiger partial charge in [0.05, 0.1) is 36.4 Å². The van der Waals surface area contributed by atoms with Crippen LogP contribution in [-0.2, 0) is 10.5 Å². The lowest BCUT2D eigenvalue weighted by Gasteiger charge is -2.24. The van der Waals surface area contributed by atoms with E-state index in [1.807, 2.05) is 48.5 Å². The molecule has 1 aliphatic heterocycles. The molecule has 1 atom stereocenters. The third-order valence-electron chi connectivity index (χ3n) is 8.03. The van der Waals surface area contributed by atoms with Crippen molar-refractivity contribution in [3.63, 3.8) is 0 Å². The van der Waals surface area contributed by atoms with Crippen molar-refractivity contribution >= 4 is 62.0 Å². The zero-order valence-corrected chi connectivity index (χ0v) is 28.5. The van der Waals surface area contributed by atoms with Crippen LogP contribution in [0.5, 0.6) is 11.5 Å². The van der Waals surface area contributed by atoms with Gasteiger partial charge in [0, 0.05) is 11.3 Å². The second-order valence-corrected chi connectivity index (χ2v) is 14.0. The van der Waals surface area contributed by atoms with Crippen LogP contribution >= 0.6 is 34.4 Å². The predicted molar refractivity (Wildman–Crippen MR) is 189 cm³/mol. The highest BCUT2D eigenvalue weighted by molar-refractivity contribution is 8.00. The lowest BCUT2D eigenvalue weighted by atomic mass is 9.95. The number of nitrogens with zero attached hydrogens (tertiary/aromatic N) is 4. The number of thioether (sulfide) groups is 1. The Balaban J connectivity index is 1.26. The molecule has 4 aromatic carbocycles. The summed E-state index contributed by atoms with van der Waals surface area (Å²) < 4.78 is 11.6. The third kappa shape index (κ3) is 5.72. The second-order valence-electron chi connectivity index (χ2n) is 10.9. The van der Waals surface area contributed by atoms with Crippen molar-refractivity contribution in [1.29, 1.82) is 0 Å². The van der Waals surface area contributed by atoms with Crippen molar-refractivity contribution in [3.05, 3.63) is 124 Å². The molecule has 6 aromatic rings. The fraction of sp³-hybridized carbons (Fsp3) is 0.139. The molecule has 1 N–H and O–H groups in total. The molecule has 0 unspecified atom stereocenters. The van der Waals surface area contributed by atoms with Gasteiger partial charge in [0.2, 0.25) is 10.9 Å². The van der Waals surface area contributed by atoms with Gasteiger partial charge in [-0.3, -0.25) is 14.5 Å². The predicted octanol–water partition coefficient (Wildman–Crippen LogP) is 8.22. The molecule has 9 nitrogen and oxygen atoms in total. The van der Waals surface area contributed by atoms with Crippen molar-refractivity contribution < 1.29 is 24.2 Å². The number of aromatic nitrogens is 3. The lowest BCUT2D eigenvalue weighted by Crippen LogP contribution is -2.31. The van der Waals surface area contributed by atoms with E-state index in [1.165, 1.54) is 53.6 Å². The molecule has 12 heteroatoms. The average Bonchev–Trinajstić information content (AvgIpc) is 3.82. The summed E-state index contributed by atoms with van der Waals surface area (Å²) in [6.07, 6.45) is 0. The van der Waals surface area contributed by atoms with Gasteiger partial charge >= 0.3 is 0 Å². The highest BCUT2D eigenvalue weighted by Crippen LogP contribution is 2.46. The minimum Gasteiger partial charge on any atom is -0.503 e. The maximum absolute atomic E-state index is 14.4. The van der Waals surface area contributed by atoms with E-state index in [1.54, 1.807) is 25.1 Å². The highest BCUT2D eigenvalue weighted by atomic mass is 32.2. The van der Waals surface area contributed by atoms with Crippen LogP contribution in [0.3, 0.4) is 0 Å². The minimum atomic E-state index is -1.02. The Labute approximate surface area is 288 Å². The van der Waals surface area contributed by atoms with Gasteiger partial charge in [-0.05, 0) is 41.0 Å². The van der Waals surface area contributed by atoms with Gasteiger partial charge in [-0.1, -0.05) is 102 Å². The SMILES string of the molecule is COc1ccc([C@@H]2C(C(=O)c3sc(-c4ccccc4)nc3C)=C(O)C(=O)N2c2nnc(SCc3cccc4ccccc34)s2)cc1OC. The van der Waals surface area contributed by atoms with Crippen molar-refractivity contribution in [2.75, 3.05) is 19.1 Å². The Morgan fingerprint density at radius 3 is 2.46 bits per heavy atom. The summed E-state index contributed by atoms with van der Waals surface area (Å²) in [7, 11) is 3.04. The number of hydrogen-bond acceptors (Lipinski definition) is 11. The number of aliphatic hydroxyl groups is 1. The highest BCUT2D eigenvalue weighted by Gasteiger charge is 2.47. The zero-order chi connectivity index (χ0) is 33.4. The number of rotatable bonds is 10. The standard InChI is InChI=1S/C36H28N4O5S3/c1-20-32(47-33(37-20)22-11-5-4-6-12-22)30(41)28-29(23-16-17-26(44-2)27(18-23)45-3)40(34(43)31(28)42)35-38-39-36(48-35)46-19-24-14-9-13-21-10-7-8-15-25(21)24/h4-18,29,42H,19H2,1-3H3/t29-/m1/s1. The number of carbonyl (C=O) groups is 2. The van der Waals surface area contributed by atoms with Gasteiger partial charge < -0.3 is 14.6 Å². The Kier molecular flexibility index (Phi) is 8.69. The van der Waals surface area contributed by atoms with Crippen LogP contribution in [0.4, 0.5) is 5.13 Å². The van der Waals surface area contributed by atoms with Crippen LogP contribution in [0.2, 0.25) is 0 Å². The van der Waals surface area contributed by atoms with Crippen molar-refractivity contribution in [1.82, 2.24) is 15.2 Å². The number of aryl methyl sites for hydroxylation is 1. The normalized spacial score (nSPS) is 14.6. The molecular formula is C36H28N4O5S3. The molecular weight excluding hydrogens is 665 g/mol. The topological polar surface area (TPSA) is 115 Å². The van der Waals surface area contributed by atoms with Gasteiger partial charge in [0.15, 0.2) is 21.6 Å². The molecule has 0 saturated carbocycles. The summed E-state index contributed by atoms with van der Waals surface area (Å²) in [5, 5.41) is 23.4. The smallest absolute Gasteiger partial charge is 0.296 e. The van der Waals surface area contributed by atoms with E-state index in [0.717, 1.165) is 21.9 Å². The number of anilines is 1. The number of ketones is 1. The van der Waals surface area contributed by atoms with Crippen molar-refractivity contribution in [3.8, 4) is 22.1 Å². The number of benzene rings is 4. The van der Waals surface area contributed by atoms with Crippen LogP contribution in [0.25, 0.3) is 21.3 Å². The van der Waals surface area contributed by atoms with Crippen LogP contribution < -0.4 is 14.4 Å². The molecule has 0 fully saturated rings. The Hall–Kier alpha value is -5.04. The number of ether oxygens (including phenoxy) is 2. The summed E-state index contributed by atoms with van der Waals surface area (Å²) in [6.45, 7) is 1.75. The molecule has 48 heavy (non-hydrogen) atoms. The van der Waals surface area contributed by atoms with E-state index in [4.69, 9.17) is 9.47 Å². The van der Waals surface area contributed by atoms with Crippen molar-refractivity contribution in [2.24, 2.45) is 0 Å². The number of aliphatic hydroxyl groups excluding tert-OH is 1. The van der Waals surface area contributed by atoms with Gasteiger partial charge in [0.1, 0.15) is 5.01 Å². The Bertz CT molecular complexity index is 2210. The summed E-state index contributed by atoms with van der Waals surface area (Å²) in [5.74, 6) is -0.351. The first-order valence-electron chi connectivity index (χ1n) is 14.9. The summed E-state index contributed by atoms with van der Waals surface area (Å²) in [6, 6.07) is 28.1. The van der Waals surface area contributed by atoms with E-state index in [-0.39, 0.29) is 10.7 Å². The zero-order valence-electron chi connectivity index (χ0n) is 26.0. The molecule has 3 heterocycles. The third-order valence-corrected chi connectivity index (χ3v) is 11.3. The fourth-order valence-corrected chi connectivity index (χ4v) is 8.62. The van der Waals surface area contributed by atoms with Crippen LogP contribution in [0, 0.1) is 6.92 Å². The maximum Gasteiger partial charge on any atom is 0.296 e. The largest absolute Gasteiger partial charge is 0.503 e. The first-order valence-corrected chi connectivity index (χ1v) is 17.5. The van der Waals surface area contributed by atoms with E-state index in [9.17, 15) is 14.7 Å². The van der Waals surface area contributed by atoms with Crippen LogP contribution in [0.15, 0.2) is 107 Å². The van der Waals surface area contributed by atoms with E-state index >= 15 is 0 Å². The molecule has 2 aromatic heterocycles. The average molecular weight is 693 g/mol. The van der Waals surface area contributed by atoms with Gasteiger partial charge in [-0.15, -0.1) is 21.5 Å². The quantitative estimate of drug-likeness (QED) is 0.0862. The van der Waals surface area contributed by atoms with Gasteiger partial charge in [0.25, 0.3) is 5.91 Å². The number of thiazole rings is 1. The Morgan fingerprint density at radius 1 is 0.917 bits per heavy atom. The molecule has 0 saturated heterocycles. The van der Waals surface area contributed by atoms with Crippen molar-refractivity contribution in [2.45, 2.75) is 23.1 Å². The maximum atomic E-state index is 14.4. The lowest BCUT2D eigenvalue weighted by molar-refractivity contribution is -0.117. The number of methoxy groups -OCH3 is 2. The summed E-state index contributed by atoms with van der Waals surface area (Å²) >= 11 is 3.95. The molecule has 1 aliphatic rings. The van der Waals surface area contributed by atoms with Gasteiger partial charge in [-0.25, -0.2) is 4.98 Å². The van der Waals surface area contributed by atoms with Gasteiger partial charge in [-0.2, -0.15) is 0 Å². The minimum absolute atomic E-state index is 0.0706. The van der Waals surface area contributed by atoms with E-state index < -0.39 is 23.5 Å². The molecule has 0 bridgehead atoms. The number of Topliss-reactive ketones (excluding diaryl/α,β-unsaturated/α-hetero) is 1. The summed E-state index contributed by atoms with van der Waals surface area (Å²) in [4.78, 5) is 34.6. The Morgan fingerprint density at radius 2 is 1.67 bits per heavy atom. The van der Waals surface area contributed by atoms with Crippen LogP contribution in [-0.4, -0.2) is 46.2 Å². The molecule has 1 amide bonds. The van der Waals surface area contributed by atoms with E-state index in [2.05, 4.69) is 39.4 Å². The molecule has 0 spiro atoms. The first-order chi connectivity index (χ1) is 23.4. The second kappa shape index (κ2) is 13.2. The number of amides is 1. The van der Waals surface area contributed by atoms with E-state index in [0.29, 0.717) is 42.7 Å². The number of carbonyl (C=O) groups excluding carboxylic acids is 2. The molecule has 240 valence electrons. The number of fused-ring (bicyclic) bond motifs is 1. The number of hydrogen-bond donors (Lipinski definition) is 1. The van der Waals surface area contributed by atoms with Crippen LogP contribution in [0.1, 0.15) is 32.5 Å². The molecule has 0 aliphatic carbocycles.